The minimum atomic E-state index is -0.803. The number of unbranched alkanes of at least 4 members (excludes halogenated alkanes) is 1. The highest BCUT2D eigenvalue weighted by atomic mass is 35.5. The smallest absolute Gasteiger partial charge is 0.303 e. The predicted octanol–water partition coefficient (Wildman–Crippen LogP) is 3.12. The Bertz CT molecular complexity index is 653. The van der Waals surface area contributed by atoms with Crippen LogP contribution in [-0.2, 0) is 4.79 Å². The first kappa shape index (κ1) is 24.0. The van der Waals surface area contributed by atoms with Crippen molar-refractivity contribution in [3.8, 4) is 5.75 Å². The average Bonchev–Trinajstić information content (AvgIpc) is 2.94. The number of ether oxygens (including phenoxy) is 1. The van der Waals surface area contributed by atoms with Crippen LogP contribution in [0, 0.1) is 5.92 Å². The molecule has 0 heterocycles. The molecule has 0 amide bonds. The van der Waals surface area contributed by atoms with Gasteiger partial charge in [-0.1, -0.05) is 23.8 Å². The van der Waals surface area contributed by atoms with Gasteiger partial charge in [-0.25, -0.2) is 0 Å². The number of rotatable bonds is 12. The quantitative estimate of drug-likeness (QED) is 0.290. The predicted molar refractivity (Wildman–Crippen MR) is 115 cm³/mol. The van der Waals surface area contributed by atoms with E-state index in [2.05, 4.69) is 0 Å². The summed E-state index contributed by atoms with van der Waals surface area (Å²) < 4.78 is 5.55. The fraction of sp³-hybridized carbons (Fsp3) is 0.571. The van der Waals surface area contributed by atoms with E-state index in [9.17, 15) is 20.1 Å². The molecule has 6 nitrogen and oxygen atoms in total. The summed E-state index contributed by atoms with van der Waals surface area (Å²) in [5, 5.41) is 39.8. The summed E-state index contributed by atoms with van der Waals surface area (Å²) in [6.07, 6.45) is 4.30. The van der Waals surface area contributed by atoms with E-state index in [1.807, 2.05) is 12.2 Å². The highest BCUT2D eigenvalue weighted by molar-refractivity contribution is 8.00. The standard InChI is InChI=1S/C21H29ClO6S/c22-14-7-9-16(10-8-14)28-12-15(23)13-29-21-17(18(24)11-19(21)25)5-3-1-2-4-6-20(26)27/h1,3,7-10,15,17-19,21,23-25H,2,4-6,11-13H2,(H,26,27). The van der Waals surface area contributed by atoms with Crippen molar-refractivity contribution in [2.24, 2.45) is 5.92 Å². The van der Waals surface area contributed by atoms with Crippen LogP contribution in [0.2, 0.25) is 5.02 Å². The molecule has 0 radical (unpaired) electrons. The Hall–Kier alpha value is -1.25. The van der Waals surface area contributed by atoms with E-state index < -0.39 is 24.3 Å². The van der Waals surface area contributed by atoms with Gasteiger partial charge in [0, 0.05) is 34.8 Å². The maximum atomic E-state index is 10.5. The molecule has 5 unspecified atom stereocenters. The first-order valence-corrected chi connectivity index (χ1v) is 11.2. The van der Waals surface area contributed by atoms with Crippen molar-refractivity contribution in [2.45, 2.75) is 55.7 Å². The normalized spacial score (nSPS) is 25.4. The van der Waals surface area contributed by atoms with Crippen molar-refractivity contribution in [3.63, 3.8) is 0 Å². The van der Waals surface area contributed by atoms with Gasteiger partial charge in [0.25, 0.3) is 0 Å². The Morgan fingerprint density at radius 1 is 1.24 bits per heavy atom. The molecule has 4 N–H and O–H groups in total. The van der Waals surface area contributed by atoms with Crippen molar-refractivity contribution in [3.05, 3.63) is 41.4 Å². The number of carbonyl (C=O) groups is 1. The summed E-state index contributed by atoms with van der Waals surface area (Å²) in [6, 6.07) is 6.90. The number of hydrogen-bond acceptors (Lipinski definition) is 6. The molecule has 0 aromatic heterocycles. The zero-order valence-corrected chi connectivity index (χ0v) is 17.8. The van der Waals surface area contributed by atoms with E-state index in [0.29, 0.717) is 42.2 Å². The molecule has 5 atom stereocenters. The highest BCUT2D eigenvalue weighted by Crippen LogP contribution is 2.38. The number of thioether (sulfide) groups is 1. The van der Waals surface area contributed by atoms with Crippen LogP contribution in [0.15, 0.2) is 36.4 Å². The van der Waals surface area contributed by atoms with Crippen LogP contribution in [0.1, 0.15) is 32.1 Å². The molecule has 1 saturated carbocycles. The van der Waals surface area contributed by atoms with Crippen molar-refractivity contribution in [2.75, 3.05) is 12.4 Å². The van der Waals surface area contributed by atoms with E-state index in [1.54, 1.807) is 24.3 Å². The summed E-state index contributed by atoms with van der Waals surface area (Å²) >= 11 is 7.28. The van der Waals surface area contributed by atoms with Gasteiger partial charge in [0.05, 0.1) is 18.3 Å². The van der Waals surface area contributed by atoms with Crippen LogP contribution in [0.25, 0.3) is 0 Å². The van der Waals surface area contributed by atoms with E-state index in [1.165, 1.54) is 11.8 Å². The lowest BCUT2D eigenvalue weighted by Crippen LogP contribution is -2.28. The van der Waals surface area contributed by atoms with Crippen molar-refractivity contribution < 1.29 is 30.0 Å². The topological polar surface area (TPSA) is 107 Å². The molecule has 2 rings (SSSR count). The number of halogens is 1. The van der Waals surface area contributed by atoms with Crippen molar-refractivity contribution >= 4 is 29.3 Å². The van der Waals surface area contributed by atoms with Crippen LogP contribution in [-0.4, -0.2) is 62.3 Å². The Kier molecular flexibility index (Phi) is 10.3. The number of aliphatic hydroxyl groups excluding tert-OH is 3. The number of carboxylic acids is 1. The monoisotopic (exact) mass is 444 g/mol. The van der Waals surface area contributed by atoms with Gasteiger partial charge in [-0.15, -0.1) is 0 Å². The van der Waals surface area contributed by atoms with Gasteiger partial charge in [0.2, 0.25) is 0 Å². The van der Waals surface area contributed by atoms with Gasteiger partial charge >= 0.3 is 5.97 Å². The summed E-state index contributed by atoms with van der Waals surface area (Å²) in [4.78, 5) is 10.5. The second-order valence-electron chi connectivity index (χ2n) is 7.24. The number of hydrogen-bond donors (Lipinski definition) is 4. The van der Waals surface area contributed by atoms with E-state index in [-0.39, 0.29) is 24.2 Å². The van der Waals surface area contributed by atoms with Gasteiger partial charge in [-0.2, -0.15) is 11.8 Å². The van der Waals surface area contributed by atoms with Gasteiger partial charge in [-0.05, 0) is 43.5 Å². The molecule has 162 valence electrons. The number of aliphatic carboxylic acids is 1. The van der Waals surface area contributed by atoms with Crippen molar-refractivity contribution in [1.29, 1.82) is 0 Å². The first-order valence-electron chi connectivity index (χ1n) is 9.77. The van der Waals surface area contributed by atoms with Gasteiger partial charge < -0.3 is 25.2 Å². The molecule has 8 heteroatoms. The lowest BCUT2D eigenvalue weighted by atomic mass is 10.0. The third-order valence-electron chi connectivity index (χ3n) is 4.85. The summed E-state index contributed by atoms with van der Waals surface area (Å²) in [5.41, 5.74) is 0. The SMILES string of the molecule is O=C(O)CCCC=CCC1C(O)CC(O)C1SCC(O)COc1ccc(Cl)cc1. The van der Waals surface area contributed by atoms with Gasteiger partial charge in [-0.3, -0.25) is 4.79 Å². The Morgan fingerprint density at radius 3 is 2.66 bits per heavy atom. The maximum Gasteiger partial charge on any atom is 0.303 e. The number of carboxylic acid groups (broad SMARTS) is 1. The van der Waals surface area contributed by atoms with Crippen LogP contribution in [0.3, 0.4) is 0 Å². The van der Waals surface area contributed by atoms with Gasteiger partial charge in [0.15, 0.2) is 0 Å². The summed E-state index contributed by atoms with van der Waals surface area (Å²) in [5.74, 6) is 0.111. The minimum absolute atomic E-state index is 0.102. The molecule has 0 aliphatic heterocycles. The summed E-state index contributed by atoms with van der Waals surface area (Å²) in [7, 11) is 0. The zero-order valence-electron chi connectivity index (χ0n) is 16.2. The Balaban J connectivity index is 1.75. The lowest BCUT2D eigenvalue weighted by Gasteiger charge is -2.23. The minimum Gasteiger partial charge on any atom is -0.491 e. The van der Waals surface area contributed by atoms with Crippen LogP contribution in [0.5, 0.6) is 5.75 Å². The largest absolute Gasteiger partial charge is 0.491 e. The maximum absolute atomic E-state index is 10.5. The average molecular weight is 445 g/mol. The zero-order chi connectivity index (χ0) is 21.2. The number of benzene rings is 1. The second-order valence-corrected chi connectivity index (χ2v) is 8.89. The van der Waals surface area contributed by atoms with Crippen LogP contribution >= 0.6 is 23.4 Å². The molecule has 1 aliphatic carbocycles. The molecule has 1 aromatic rings. The molecule has 1 aromatic carbocycles. The number of allylic oxidation sites excluding steroid dienone is 2. The molecule has 0 saturated heterocycles. The van der Waals surface area contributed by atoms with E-state index >= 15 is 0 Å². The Labute approximate surface area is 180 Å². The summed E-state index contributed by atoms with van der Waals surface area (Å²) in [6.45, 7) is 0.133. The van der Waals surface area contributed by atoms with Crippen LogP contribution in [0.4, 0.5) is 0 Å². The van der Waals surface area contributed by atoms with E-state index in [0.717, 1.165) is 0 Å². The van der Waals surface area contributed by atoms with Crippen LogP contribution < -0.4 is 4.74 Å². The molecule has 1 aliphatic rings. The third-order valence-corrected chi connectivity index (χ3v) is 6.73. The van der Waals surface area contributed by atoms with Gasteiger partial charge in [0.1, 0.15) is 12.4 Å². The molecule has 29 heavy (non-hydrogen) atoms. The second kappa shape index (κ2) is 12.4. The molecular weight excluding hydrogens is 416 g/mol. The van der Waals surface area contributed by atoms with Crippen molar-refractivity contribution in [1.82, 2.24) is 0 Å². The first-order chi connectivity index (χ1) is 13.9. The Morgan fingerprint density at radius 2 is 1.97 bits per heavy atom. The fourth-order valence-corrected chi connectivity index (χ4v) is 4.86. The highest BCUT2D eigenvalue weighted by Gasteiger charge is 2.41. The molecule has 1 fully saturated rings. The lowest BCUT2D eigenvalue weighted by molar-refractivity contribution is -0.137. The molecular formula is C21H29ClO6S. The molecule has 0 spiro atoms. The third kappa shape index (κ3) is 8.56. The molecule has 0 bridgehead atoms. The fourth-order valence-electron chi connectivity index (χ4n) is 3.32. The van der Waals surface area contributed by atoms with E-state index in [4.69, 9.17) is 21.4 Å². The number of aliphatic hydroxyl groups is 3.